The normalized spacial score (nSPS) is 17.1. The quantitative estimate of drug-likeness (QED) is 0.764. The second kappa shape index (κ2) is 6.23. The standard InChI is InChI=1S/C11H16F3NO4/c1-7(10(17)18)4-15(8-2-3-8)9(16)5-19-6-11(12,13)14/h7-8H,2-6H2,1H3,(H,17,18). The lowest BCUT2D eigenvalue weighted by Crippen LogP contribution is -2.41. The molecule has 1 aliphatic rings. The Morgan fingerprint density at radius 3 is 2.42 bits per heavy atom. The van der Waals surface area contributed by atoms with Crippen LogP contribution in [0, 0.1) is 5.92 Å². The Hall–Kier alpha value is -1.31. The van der Waals surface area contributed by atoms with E-state index in [0.29, 0.717) is 0 Å². The molecule has 0 aromatic rings. The Morgan fingerprint density at radius 1 is 1.42 bits per heavy atom. The predicted octanol–water partition coefficient (Wildman–Crippen LogP) is 1.28. The first-order valence-electron chi connectivity index (χ1n) is 5.87. The highest BCUT2D eigenvalue weighted by Crippen LogP contribution is 2.27. The fourth-order valence-electron chi connectivity index (χ4n) is 1.55. The lowest BCUT2D eigenvalue weighted by atomic mass is 10.1. The van der Waals surface area contributed by atoms with Crippen LogP contribution >= 0.6 is 0 Å². The van der Waals surface area contributed by atoms with Crippen LogP contribution in [0.4, 0.5) is 13.2 Å². The molecule has 0 aromatic heterocycles. The van der Waals surface area contributed by atoms with E-state index in [4.69, 9.17) is 5.11 Å². The van der Waals surface area contributed by atoms with Gasteiger partial charge in [0.25, 0.3) is 0 Å². The molecule has 1 N–H and O–H groups in total. The number of hydrogen-bond acceptors (Lipinski definition) is 3. The molecule has 5 nitrogen and oxygen atoms in total. The third kappa shape index (κ3) is 5.91. The van der Waals surface area contributed by atoms with Gasteiger partial charge in [0.2, 0.25) is 5.91 Å². The van der Waals surface area contributed by atoms with Crippen molar-refractivity contribution < 1.29 is 32.6 Å². The zero-order valence-corrected chi connectivity index (χ0v) is 10.4. The zero-order chi connectivity index (χ0) is 14.6. The molecule has 19 heavy (non-hydrogen) atoms. The van der Waals surface area contributed by atoms with Gasteiger partial charge in [-0.05, 0) is 12.8 Å². The first-order valence-corrected chi connectivity index (χ1v) is 5.87. The number of carboxylic acids is 1. The van der Waals surface area contributed by atoms with Crippen LogP contribution in [0.2, 0.25) is 0 Å². The molecular weight excluding hydrogens is 267 g/mol. The smallest absolute Gasteiger partial charge is 0.411 e. The summed E-state index contributed by atoms with van der Waals surface area (Å²) in [5, 5.41) is 8.78. The van der Waals surface area contributed by atoms with Gasteiger partial charge in [0.1, 0.15) is 13.2 Å². The summed E-state index contributed by atoms with van der Waals surface area (Å²) >= 11 is 0. The van der Waals surface area contributed by atoms with Gasteiger partial charge in [-0.1, -0.05) is 6.92 Å². The molecule has 1 fully saturated rings. The number of hydrogen-bond donors (Lipinski definition) is 1. The van der Waals surface area contributed by atoms with Crippen LogP contribution in [0.3, 0.4) is 0 Å². The van der Waals surface area contributed by atoms with Gasteiger partial charge in [-0.2, -0.15) is 13.2 Å². The SMILES string of the molecule is CC(CN(C(=O)COCC(F)(F)F)C1CC1)C(=O)O. The number of halogens is 3. The van der Waals surface area contributed by atoms with Gasteiger partial charge in [0, 0.05) is 12.6 Å². The number of alkyl halides is 3. The molecule has 1 amide bonds. The van der Waals surface area contributed by atoms with Crippen LogP contribution in [-0.2, 0) is 14.3 Å². The topological polar surface area (TPSA) is 66.8 Å². The van der Waals surface area contributed by atoms with Crippen molar-refractivity contribution in [3.05, 3.63) is 0 Å². The summed E-state index contributed by atoms with van der Waals surface area (Å²) in [6.45, 7) is -0.718. The van der Waals surface area contributed by atoms with Gasteiger partial charge < -0.3 is 14.7 Å². The van der Waals surface area contributed by atoms with E-state index in [1.165, 1.54) is 11.8 Å². The number of rotatable bonds is 7. The van der Waals surface area contributed by atoms with E-state index in [1.807, 2.05) is 0 Å². The average molecular weight is 283 g/mol. The van der Waals surface area contributed by atoms with Gasteiger partial charge >= 0.3 is 12.1 Å². The molecular formula is C11H16F3NO4. The number of carbonyl (C=O) groups is 2. The van der Waals surface area contributed by atoms with E-state index in [2.05, 4.69) is 4.74 Å². The van der Waals surface area contributed by atoms with Crippen molar-refractivity contribution in [2.45, 2.75) is 32.0 Å². The van der Waals surface area contributed by atoms with Crippen molar-refractivity contribution in [2.24, 2.45) is 5.92 Å². The highest BCUT2D eigenvalue weighted by atomic mass is 19.4. The lowest BCUT2D eigenvalue weighted by molar-refractivity contribution is -0.178. The second-order valence-corrected chi connectivity index (χ2v) is 4.62. The molecule has 0 aromatic carbocycles. The Labute approximate surface area is 108 Å². The molecule has 0 radical (unpaired) electrons. The molecule has 0 aliphatic heterocycles. The van der Waals surface area contributed by atoms with Crippen molar-refractivity contribution in [2.75, 3.05) is 19.8 Å². The number of carbonyl (C=O) groups excluding carboxylic acids is 1. The van der Waals surface area contributed by atoms with Crippen LogP contribution < -0.4 is 0 Å². The Balaban J connectivity index is 2.43. The number of ether oxygens (including phenoxy) is 1. The number of nitrogens with zero attached hydrogens (tertiary/aromatic N) is 1. The van der Waals surface area contributed by atoms with E-state index >= 15 is 0 Å². The maximum absolute atomic E-state index is 11.9. The largest absolute Gasteiger partial charge is 0.481 e. The van der Waals surface area contributed by atoms with E-state index < -0.39 is 37.2 Å². The molecule has 1 aliphatic carbocycles. The summed E-state index contributed by atoms with van der Waals surface area (Å²) in [6, 6.07) is -0.0659. The molecule has 8 heteroatoms. The molecule has 110 valence electrons. The van der Waals surface area contributed by atoms with Crippen LogP contribution in [0.5, 0.6) is 0 Å². The van der Waals surface area contributed by atoms with E-state index in [9.17, 15) is 22.8 Å². The van der Waals surface area contributed by atoms with Crippen LogP contribution in [0.1, 0.15) is 19.8 Å². The van der Waals surface area contributed by atoms with Crippen molar-refractivity contribution in [1.29, 1.82) is 0 Å². The summed E-state index contributed by atoms with van der Waals surface area (Å²) in [5.74, 6) is -2.40. The lowest BCUT2D eigenvalue weighted by Gasteiger charge is -2.24. The Morgan fingerprint density at radius 2 is 2.00 bits per heavy atom. The molecule has 0 bridgehead atoms. The van der Waals surface area contributed by atoms with Crippen molar-refractivity contribution in [3.63, 3.8) is 0 Å². The molecule has 0 heterocycles. The van der Waals surface area contributed by atoms with Crippen LogP contribution in [0.15, 0.2) is 0 Å². The molecule has 1 unspecified atom stereocenters. The van der Waals surface area contributed by atoms with Crippen LogP contribution in [0.25, 0.3) is 0 Å². The highest BCUT2D eigenvalue weighted by Gasteiger charge is 2.35. The van der Waals surface area contributed by atoms with Crippen LogP contribution in [-0.4, -0.2) is 53.9 Å². The third-order valence-electron chi connectivity index (χ3n) is 2.69. The van der Waals surface area contributed by atoms with Gasteiger partial charge in [-0.15, -0.1) is 0 Å². The second-order valence-electron chi connectivity index (χ2n) is 4.62. The predicted molar refractivity (Wildman–Crippen MR) is 58.4 cm³/mol. The summed E-state index contributed by atoms with van der Waals surface area (Å²) in [7, 11) is 0. The average Bonchev–Trinajstić information content (AvgIpc) is 3.06. The first kappa shape index (κ1) is 15.7. The first-order chi connectivity index (χ1) is 8.70. The Bertz CT molecular complexity index is 341. The molecule has 1 atom stereocenters. The summed E-state index contributed by atoms with van der Waals surface area (Å²) in [5.41, 5.74) is 0. The van der Waals surface area contributed by atoms with Gasteiger partial charge in [-0.25, -0.2) is 0 Å². The highest BCUT2D eigenvalue weighted by molar-refractivity contribution is 5.79. The molecule has 0 saturated heterocycles. The Kier molecular flexibility index (Phi) is 5.16. The third-order valence-corrected chi connectivity index (χ3v) is 2.69. The van der Waals surface area contributed by atoms with E-state index in [1.54, 1.807) is 0 Å². The molecule has 1 saturated carbocycles. The van der Waals surface area contributed by atoms with Crippen molar-refractivity contribution in [1.82, 2.24) is 4.90 Å². The monoisotopic (exact) mass is 283 g/mol. The van der Waals surface area contributed by atoms with E-state index in [0.717, 1.165) is 12.8 Å². The van der Waals surface area contributed by atoms with Gasteiger partial charge in [-0.3, -0.25) is 9.59 Å². The zero-order valence-electron chi connectivity index (χ0n) is 10.4. The summed E-state index contributed by atoms with van der Waals surface area (Å²) < 4.78 is 39.9. The molecule has 1 rings (SSSR count). The maximum Gasteiger partial charge on any atom is 0.411 e. The van der Waals surface area contributed by atoms with E-state index in [-0.39, 0.29) is 12.6 Å². The number of aliphatic carboxylic acids is 1. The van der Waals surface area contributed by atoms with Gasteiger partial charge in [0.05, 0.1) is 5.92 Å². The minimum atomic E-state index is -4.47. The minimum absolute atomic E-state index is 0.00574. The summed E-state index contributed by atoms with van der Waals surface area (Å²) in [6.07, 6.45) is -2.98. The maximum atomic E-state index is 11.9. The number of carboxylic acid groups (broad SMARTS) is 1. The van der Waals surface area contributed by atoms with Crippen molar-refractivity contribution in [3.8, 4) is 0 Å². The summed E-state index contributed by atoms with van der Waals surface area (Å²) in [4.78, 5) is 23.7. The minimum Gasteiger partial charge on any atom is -0.481 e. The fraction of sp³-hybridized carbons (Fsp3) is 0.818. The van der Waals surface area contributed by atoms with Crippen molar-refractivity contribution >= 4 is 11.9 Å². The number of amides is 1. The fourth-order valence-corrected chi connectivity index (χ4v) is 1.55. The van der Waals surface area contributed by atoms with Gasteiger partial charge in [0.15, 0.2) is 0 Å². The molecule has 0 spiro atoms.